The molecule has 0 aliphatic carbocycles. The number of hydrogen-bond donors (Lipinski definition) is 5. The standard InChI is InChI=1S/C11H23NO5S.CH3NOS/c1-3-12(4-2)11(18)17-8-10(15)7-16-6-9(14)5-13;2-1(3)4/h9-10,13-15H,3-8H2,1-2H3;(H3,2,3,4). The molecule has 8 nitrogen and oxygen atoms in total. The van der Waals surface area contributed by atoms with Crippen molar-refractivity contribution in [3.63, 3.8) is 0 Å². The number of ether oxygens (including phenoxy) is 2. The van der Waals surface area contributed by atoms with Crippen LogP contribution in [0, 0.1) is 0 Å². The fourth-order valence-electron chi connectivity index (χ4n) is 1.18. The van der Waals surface area contributed by atoms with Crippen molar-refractivity contribution in [1.29, 1.82) is 0 Å². The van der Waals surface area contributed by atoms with Gasteiger partial charge in [0.15, 0.2) is 0 Å². The van der Waals surface area contributed by atoms with Crippen molar-refractivity contribution >= 4 is 35.3 Å². The molecule has 10 heteroatoms. The number of primary amides is 1. The Labute approximate surface area is 141 Å². The predicted molar refractivity (Wildman–Crippen MR) is 90.0 cm³/mol. The number of thiol groups is 1. The average molecular weight is 358 g/mol. The lowest BCUT2D eigenvalue weighted by molar-refractivity contribution is -0.0358. The van der Waals surface area contributed by atoms with Crippen molar-refractivity contribution in [3.05, 3.63) is 0 Å². The van der Waals surface area contributed by atoms with Gasteiger partial charge in [-0.05, 0) is 26.1 Å². The van der Waals surface area contributed by atoms with Crippen molar-refractivity contribution in [2.75, 3.05) is 39.5 Å². The van der Waals surface area contributed by atoms with Gasteiger partial charge in [-0.25, -0.2) is 0 Å². The Bertz CT molecular complexity index is 301. The first kappa shape index (κ1) is 23.6. The Kier molecular flexibility index (Phi) is 16.4. The molecule has 22 heavy (non-hydrogen) atoms. The molecule has 0 bridgehead atoms. The van der Waals surface area contributed by atoms with Crippen molar-refractivity contribution in [3.8, 4) is 0 Å². The molecule has 0 fully saturated rings. The van der Waals surface area contributed by atoms with Gasteiger partial charge in [-0.1, -0.05) is 12.6 Å². The molecule has 0 aromatic carbocycles. The number of aliphatic hydroxyl groups excluding tert-OH is 3. The van der Waals surface area contributed by atoms with Gasteiger partial charge in [-0.3, -0.25) is 4.79 Å². The van der Waals surface area contributed by atoms with Crippen LogP contribution in [0.3, 0.4) is 0 Å². The molecule has 2 atom stereocenters. The van der Waals surface area contributed by atoms with E-state index in [0.717, 1.165) is 13.1 Å². The van der Waals surface area contributed by atoms with E-state index in [1.54, 1.807) is 0 Å². The molecule has 0 aliphatic rings. The molecular weight excluding hydrogens is 332 g/mol. The monoisotopic (exact) mass is 358 g/mol. The van der Waals surface area contributed by atoms with Gasteiger partial charge in [-0.2, -0.15) is 0 Å². The highest BCUT2D eigenvalue weighted by atomic mass is 32.1. The Balaban J connectivity index is 0. The van der Waals surface area contributed by atoms with E-state index in [4.69, 9.17) is 36.7 Å². The second-order valence-corrected chi connectivity index (χ2v) is 4.91. The molecule has 0 aromatic rings. The van der Waals surface area contributed by atoms with E-state index >= 15 is 0 Å². The first-order chi connectivity index (χ1) is 10.3. The van der Waals surface area contributed by atoms with E-state index in [2.05, 4.69) is 18.4 Å². The molecule has 0 heterocycles. The summed E-state index contributed by atoms with van der Waals surface area (Å²) in [7, 11) is 0. The van der Waals surface area contributed by atoms with Gasteiger partial charge in [0, 0.05) is 13.1 Å². The third kappa shape index (κ3) is 15.7. The van der Waals surface area contributed by atoms with Crippen LogP contribution in [0.5, 0.6) is 0 Å². The Morgan fingerprint density at radius 2 is 1.68 bits per heavy atom. The number of amides is 1. The molecule has 2 unspecified atom stereocenters. The molecule has 0 rings (SSSR count). The third-order valence-electron chi connectivity index (χ3n) is 2.25. The van der Waals surface area contributed by atoms with Crippen LogP contribution in [0.1, 0.15) is 13.8 Å². The third-order valence-corrected chi connectivity index (χ3v) is 2.63. The van der Waals surface area contributed by atoms with Crippen LogP contribution in [-0.2, 0) is 9.47 Å². The molecule has 0 aromatic heterocycles. The summed E-state index contributed by atoms with van der Waals surface area (Å²) in [6, 6.07) is 0. The van der Waals surface area contributed by atoms with E-state index in [1.807, 2.05) is 18.7 Å². The topological polar surface area (TPSA) is 125 Å². The fourth-order valence-corrected chi connectivity index (χ4v) is 1.51. The normalized spacial score (nSPS) is 12.6. The zero-order valence-corrected chi connectivity index (χ0v) is 14.6. The largest absolute Gasteiger partial charge is 0.468 e. The average Bonchev–Trinajstić information content (AvgIpc) is 2.45. The zero-order valence-electron chi connectivity index (χ0n) is 12.8. The van der Waals surface area contributed by atoms with Crippen molar-refractivity contribution < 1.29 is 29.6 Å². The minimum atomic E-state index is -0.921. The minimum Gasteiger partial charge on any atom is -0.468 e. The fraction of sp³-hybridized carbons (Fsp3) is 0.833. The molecule has 1 amide bonds. The summed E-state index contributed by atoms with van der Waals surface area (Å²) >= 11 is 8.15. The Hall–Kier alpha value is -0.650. The molecule has 0 aliphatic heterocycles. The second kappa shape index (κ2) is 15.3. The number of carbonyl (C=O) groups excluding carboxylic acids is 1. The zero-order chi connectivity index (χ0) is 17.5. The van der Waals surface area contributed by atoms with Crippen LogP contribution < -0.4 is 5.73 Å². The highest BCUT2D eigenvalue weighted by molar-refractivity contribution is 7.96. The van der Waals surface area contributed by atoms with Gasteiger partial charge in [0.25, 0.3) is 10.4 Å². The number of nitrogens with zero attached hydrogens (tertiary/aromatic N) is 1. The number of carbonyl (C=O) groups is 1. The summed E-state index contributed by atoms with van der Waals surface area (Å²) in [5.74, 6) is 0. The van der Waals surface area contributed by atoms with Gasteiger partial charge in [0.2, 0.25) is 0 Å². The van der Waals surface area contributed by atoms with E-state index in [0.29, 0.717) is 5.17 Å². The summed E-state index contributed by atoms with van der Waals surface area (Å²) in [5, 5.41) is 26.8. The van der Waals surface area contributed by atoms with Crippen LogP contribution in [0.15, 0.2) is 0 Å². The summed E-state index contributed by atoms with van der Waals surface area (Å²) < 4.78 is 10.2. The maximum atomic E-state index is 9.54. The van der Waals surface area contributed by atoms with Crippen molar-refractivity contribution in [2.24, 2.45) is 5.73 Å². The van der Waals surface area contributed by atoms with Crippen molar-refractivity contribution in [1.82, 2.24) is 4.90 Å². The van der Waals surface area contributed by atoms with E-state index < -0.39 is 17.4 Å². The smallest absolute Gasteiger partial charge is 0.273 e. The highest BCUT2D eigenvalue weighted by Crippen LogP contribution is 1.97. The van der Waals surface area contributed by atoms with Crippen LogP contribution >= 0.6 is 24.8 Å². The van der Waals surface area contributed by atoms with Crippen LogP contribution in [0.25, 0.3) is 0 Å². The number of thiocarbonyl (C=S) groups is 1. The Morgan fingerprint density at radius 3 is 2.09 bits per heavy atom. The van der Waals surface area contributed by atoms with Gasteiger partial charge in [-0.15, -0.1) is 0 Å². The first-order valence-corrected chi connectivity index (χ1v) is 7.58. The Morgan fingerprint density at radius 1 is 1.23 bits per heavy atom. The molecule has 0 radical (unpaired) electrons. The number of aliphatic hydroxyl groups is 3. The first-order valence-electron chi connectivity index (χ1n) is 6.73. The molecule has 132 valence electrons. The summed E-state index contributed by atoms with van der Waals surface area (Å²) in [6.07, 6.45) is -1.74. The minimum absolute atomic E-state index is 0.0198. The van der Waals surface area contributed by atoms with Gasteiger partial charge in [0.1, 0.15) is 18.8 Å². The maximum absolute atomic E-state index is 9.54. The quantitative estimate of drug-likeness (QED) is 0.272. The number of nitrogens with two attached hydrogens (primary N) is 1. The number of rotatable bonds is 9. The molecule has 0 saturated heterocycles. The van der Waals surface area contributed by atoms with Gasteiger partial charge >= 0.3 is 0 Å². The van der Waals surface area contributed by atoms with Crippen LogP contribution in [0.2, 0.25) is 0 Å². The SMILES string of the molecule is CCN(CC)C(=S)OCC(O)COCC(O)CO.NC(=O)S. The van der Waals surface area contributed by atoms with Crippen LogP contribution in [0.4, 0.5) is 4.79 Å². The molecular formula is C12H26N2O6S2. The summed E-state index contributed by atoms with van der Waals surface area (Å²) in [6.45, 7) is 5.13. The lowest BCUT2D eigenvalue weighted by Crippen LogP contribution is -2.34. The molecule has 5 N–H and O–H groups in total. The summed E-state index contributed by atoms with van der Waals surface area (Å²) in [5.41, 5.74) is 4.34. The highest BCUT2D eigenvalue weighted by Gasteiger charge is 2.11. The molecule has 0 spiro atoms. The van der Waals surface area contributed by atoms with Crippen molar-refractivity contribution in [2.45, 2.75) is 26.1 Å². The van der Waals surface area contributed by atoms with Crippen LogP contribution in [-0.4, -0.2) is 82.4 Å². The van der Waals surface area contributed by atoms with Gasteiger partial charge < -0.3 is 35.4 Å². The lowest BCUT2D eigenvalue weighted by atomic mass is 10.4. The number of hydrogen-bond acceptors (Lipinski definition) is 7. The van der Waals surface area contributed by atoms with E-state index in [1.165, 1.54) is 0 Å². The summed E-state index contributed by atoms with van der Waals surface area (Å²) in [4.78, 5) is 10.9. The van der Waals surface area contributed by atoms with E-state index in [9.17, 15) is 5.11 Å². The molecule has 0 saturated carbocycles. The second-order valence-electron chi connectivity index (χ2n) is 4.12. The predicted octanol–water partition coefficient (Wildman–Crippen LogP) is -0.645. The van der Waals surface area contributed by atoms with E-state index in [-0.39, 0.29) is 26.4 Å². The lowest BCUT2D eigenvalue weighted by Gasteiger charge is -2.22. The van der Waals surface area contributed by atoms with Gasteiger partial charge in [0.05, 0.1) is 19.8 Å². The maximum Gasteiger partial charge on any atom is 0.273 e.